The number of phenolic OH excluding ortho intramolecular Hbond substituents is 6. The largest absolute Gasteiger partial charge is 0.504 e. The van der Waals surface area contributed by atoms with Gasteiger partial charge in [-0.1, -0.05) is 0 Å². The first kappa shape index (κ1) is 38.1. The van der Waals surface area contributed by atoms with Crippen LogP contribution in [0, 0.1) is 0 Å². The minimum absolute atomic E-state index is 0.0313. The van der Waals surface area contributed by atoms with Crippen LogP contribution in [-0.4, -0.2) is 70.3 Å². The van der Waals surface area contributed by atoms with E-state index in [4.69, 9.17) is 28.4 Å². The second-order valence-corrected chi connectivity index (χ2v) is 16.0. The molecule has 12 nitrogen and oxygen atoms in total. The summed E-state index contributed by atoms with van der Waals surface area (Å²) in [7, 11) is 0. The Bertz CT molecular complexity index is 2530. The summed E-state index contributed by atoms with van der Waals surface area (Å²) in [4.78, 5) is 0. The molecule has 14 aliphatic rings. The van der Waals surface area contributed by atoms with Gasteiger partial charge in [0.15, 0.2) is 69.0 Å². The van der Waals surface area contributed by atoms with Crippen LogP contribution in [0.4, 0.5) is 0 Å². The lowest BCUT2D eigenvalue weighted by molar-refractivity contribution is 0.207. The van der Waals surface area contributed by atoms with Gasteiger partial charge in [0.2, 0.25) is 0 Å². The molecule has 12 aliphatic heterocycles. The lowest BCUT2D eigenvalue weighted by Crippen LogP contribution is -2.11. The van der Waals surface area contributed by atoms with Crippen molar-refractivity contribution in [3.63, 3.8) is 0 Å². The van der Waals surface area contributed by atoms with Gasteiger partial charge in [0.05, 0.1) is 13.2 Å². The number of ether oxygens (including phenoxy) is 6. The van der Waals surface area contributed by atoms with Crippen LogP contribution in [0.2, 0.25) is 0 Å². The molecule has 6 aromatic rings. The fraction of sp³-hybridized carbons (Fsp3) is 0.265. The second-order valence-electron chi connectivity index (χ2n) is 16.0. The van der Waals surface area contributed by atoms with Gasteiger partial charge < -0.3 is 59.1 Å². The molecule has 12 heterocycles. The zero-order valence-electron chi connectivity index (χ0n) is 33.3. The van der Waals surface area contributed by atoms with Crippen molar-refractivity contribution in [3.8, 4) is 69.0 Å². The molecule has 0 amide bonds. The van der Waals surface area contributed by atoms with Crippen molar-refractivity contribution in [2.45, 2.75) is 44.9 Å². The number of rotatable bonds is 0. The van der Waals surface area contributed by atoms with Crippen LogP contribution in [0.25, 0.3) is 0 Å². The lowest BCUT2D eigenvalue weighted by atomic mass is 9.94. The fourth-order valence-electron chi connectivity index (χ4n) is 8.85. The highest BCUT2D eigenvalue weighted by atomic mass is 16.5. The van der Waals surface area contributed by atoms with E-state index in [0.29, 0.717) is 56.4 Å². The van der Waals surface area contributed by atoms with E-state index in [0.717, 1.165) is 66.8 Å². The number of aromatic hydroxyl groups is 6. The maximum atomic E-state index is 11.3. The third kappa shape index (κ3) is 7.54. The van der Waals surface area contributed by atoms with Crippen molar-refractivity contribution in [3.05, 3.63) is 140 Å². The number of benzene rings is 6. The minimum atomic E-state index is -0.0592. The quantitative estimate of drug-likeness (QED) is 0.0891. The molecular weight excluding hydrogens is 781 g/mol. The SMILES string of the molecule is Oc1cc2c3cc1OCCCOc1cc4c(cc1O)Cc1cc5c(O)cc1Cc1cc(c(O)cc1C4)OCCOc1cc(c(cc1O)Cc1cc(c(O)cc1C3)OCCO5)C2. The summed E-state index contributed by atoms with van der Waals surface area (Å²) < 4.78 is 36.9. The van der Waals surface area contributed by atoms with E-state index < -0.39 is 0 Å². The minimum Gasteiger partial charge on any atom is -0.504 e. The molecule has 0 fully saturated rings. The molecule has 2 aliphatic carbocycles. The summed E-state index contributed by atoms with van der Waals surface area (Å²) in [5.41, 5.74) is 10.1. The molecule has 0 saturated heterocycles. The molecule has 312 valence electrons. The molecular formula is C49H44O12. The van der Waals surface area contributed by atoms with Crippen LogP contribution in [0.3, 0.4) is 0 Å². The molecule has 61 heavy (non-hydrogen) atoms. The third-order valence-electron chi connectivity index (χ3n) is 12.0. The molecule has 0 spiro atoms. The average Bonchev–Trinajstić information content (AvgIpc) is 3.31. The molecule has 18 bridgehead atoms. The zero-order valence-corrected chi connectivity index (χ0v) is 33.3. The Morgan fingerprint density at radius 1 is 0.230 bits per heavy atom. The van der Waals surface area contributed by atoms with Crippen molar-refractivity contribution in [1.29, 1.82) is 0 Å². The normalized spacial score (nSPS) is 15.5. The first-order valence-corrected chi connectivity index (χ1v) is 20.5. The summed E-state index contributed by atoms with van der Waals surface area (Å²) in [5, 5.41) is 67.9. The van der Waals surface area contributed by atoms with Gasteiger partial charge in [-0.05, 0) is 178 Å². The van der Waals surface area contributed by atoms with E-state index >= 15 is 0 Å². The van der Waals surface area contributed by atoms with Crippen LogP contribution in [0.15, 0.2) is 72.8 Å². The molecule has 6 N–H and O–H groups in total. The predicted molar refractivity (Wildman–Crippen MR) is 223 cm³/mol. The van der Waals surface area contributed by atoms with Gasteiger partial charge >= 0.3 is 0 Å². The summed E-state index contributed by atoms with van der Waals surface area (Å²) in [6.07, 6.45) is 2.78. The van der Waals surface area contributed by atoms with Gasteiger partial charge in [0.25, 0.3) is 0 Å². The highest BCUT2D eigenvalue weighted by Crippen LogP contribution is 2.43. The van der Waals surface area contributed by atoms with Crippen LogP contribution >= 0.6 is 0 Å². The molecule has 0 aromatic heterocycles. The van der Waals surface area contributed by atoms with Crippen molar-refractivity contribution >= 4 is 0 Å². The van der Waals surface area contributed by atoms with Crippen molar-refractivity contribution in [2.24, 2.45) is 0 Å². The maximum absolute atomic E-state index is 11.3. The Hall–Kier alpha value is -7.08. The monoisotopic (exact) mass is 824 g/mol. The maximum Gasteiger partial charge on any atom is 0.161 e. The highest BCUT2D eigenvalue weighted by Gasteiger charge is 2.25. The summed E-state index contributed by atoms with van der Waals surface area (Å²) >= 11 is 0. The van der Waals surface area contributed by atoms with Crippen molar-refractivity contribution < 1.29 is 59.1 Å². The fourth-order valence-corrected chi connectivity index (χ4v) is 8.85. The van der Waals surface area contributed by atoms with E-state index in [-0.39, 0.29) is 97.1 Å². The summed E-state index contributed by atoms with van der Waals surface area (Å²) in [6.45, 7) is 0.603. The first-order valence-electron chi connectivity index (χ1n) is 20.5. The molecule has 20 rings (SSSR count). The standard InChI is InChI=1S/C49H44O12/c50-38-14-26-10-34-22-46-42(54)18-30(34)12-36-24-48-40(52)16-28(36)8-32(26)20-44(38)56-2-1-3-57-45-21-33-9-29-17-41(53)49(61-7-4-58-46)25-37(29)13-31-19-43(55)47(59-5-6-60-48)23-35(31)11-27(33)15-39(45)51/h14-25,50-55H,1-13H2. The van der Waals surface area contributed by atoms with E-state index in [9.17, 15) is 30.6 Å². The van der Waals surface area contributed by atoms with Gasteiger partial charge in [0.1, 0.15) is 26.4 Å². The topological polar surface area (TPSA) is 177 Å². The van der Waals surface area contributed by atoms with Gasteiger partial charge in [-0.25, -0.2) is 0 Å². The predicted octanol–water partition coefficient (Wildman–Crippen LogP) is 7.48. The van der Waals surface area contributed by atoms with Crippen LogP contribution < -0.4 is 28.4 Å². The molecule has 0 atom stereocenters. The Kier molecular flexibility index (Phi) is 9.70. The number of hydrogen-bond acceptors (Lipinski definition) is 12. The Morgan fingerprint density at radius 2 is 0.393 bits per heavy atom. The van der Waals surface area contributed by atoms with Crippen molar-refractivity contribution in [1.82, 2.24) is 0 Å². The van der Waals surface area contributed by atoms with E-state index in [1.165, 1.54) is 0 Å². The Morgan fingerprint density at radius 3 is 0.590 bits per heavy atom. The van der Waals surface area contributed by atoms with E-state index in [1.54, 1.807) is 60.7 Å². The molecule has 0 unspecified atom stereocenters. The van der Waals surface area contributed by atoms with Gasteiger partial charge in [-0.3, -0.25) is 0 Å². The van der Waals surface area contributed by atoms with Crippen molar-refractivity contribution in [2.75, 3.05) is 39.6 Å². The first-order chi connectivity index (χ1) is 29.6. The highest BCUT2D eigenvalue weighted by molar-refractivity contribution is 5.60. The third-order valence-corrected chi connectivity index (χ3v) is 12.0. The van der Waals surface area contributed by atoms with Gasteiger partial charge in [-0.2, -0.15) is 0 Å². The zero-order chi connectivity index (χ0) is 41.8. The Labute approximate surface area is 351 Å². The average molecular weight is 825 g/mol. The van der Waals surface area contributed by atoms with Crippen LogP contribution in [0.1, 0.15) is 73.2 Å². The van der Waals surface area contributed by atoms with Gasteiger partial charge in [-0.15, -0.1) is 0 Å². The molecule has 6 aromatic carbocycles. The Balaban J connectivity index is 1.15. The van der Waals surface area contributed by atoms with Gasteiger partial charge in [0, 0.05) is 6.42 Å². The van der Waals surface area contributed by atoms with Crippen LogP contribution in [-0.2, 0) is 38.5 Å². The summed E-state index contributed by atoms with van der Waals surface area (Å²) in [6, 6.07) is 21.0. The number of phenols is 6. The summed E-state index contributed by atoms with van der Waals surface area (Å²) in [5.74, 6) is 1.31. The van der Waals surface area contributed by atoms with Crippen LogP contribution in [0.5, 0.6) is 69.0 Å². The lowest BCUT2D eigenvalue weighted by Gasteiger charge is -2.18. The number of hydrogen-bond donors (Lipinski definition) is 6. The molecule has 0 saturated carbocycles. The molecule has 12 heteroatoms. The van der Waals surface area contributed by atoms with E-state index in [2.05, 4.69) is 0 Å². The van der Waals surface area contributed by atoms with E-state index in [1.807, 2.05) is 12.1 Å². The second kappa shape index (κ2) is 15.5. The smallest absolute Gasteiger partial charge is 0.161 e. The molecule has 0 radical (unpaired) electrons.